The van der Waals surface area contributed by atoms with Crippen LogP contribution in [0.3, 0.4) is 0 Å². The van der Waals surface area contributed by atoms with Gasteiger partial charge in [0, 0.05) is 36.7 Å². The Morgan fingerprint density at radius 3 is 2.45 bits per heavy atom. The van der Waals surface area contributed by atoms with Crippen molar-refractivity contribution in [2.45, 2.75) is 37.6 Å². The van der Waals surface area contributed by atoms with Crippen LogP contribution >= 0.6 is 24.0 Å². The van der Waals surface area contributed by atoms with Gasteiger partial charge in [0.2, 0.25) is 0 Å². The Balaban J connectivity index is 0.00000176. The predicted octanol–water partition coefficient (Wildman–Crippen LogP) is 1.65. The first-order chi connectivity index (χ1) is 10.2. The number of hydrogen-bond donors (Lipinski definition) is 3. The van der Waals surface area contributed by atoms with Gasteiger partial charge in [-0.15, -0.1) is 12.4 Å². The largest absolute Gasteiger partial charge is 0.390 e. The van der Waals surface area contributed by atoms with Crippen molar-refractivity contribution in [2.75, 3.05) is 26.2 Å². The van der Waals surface area contributed by atoms with E-state index in [-0.39, 0.29) is 24.6 Å². The zero-order chi connectivity index (χ0) is 14.7. The number of aliphatic hydroxyl groups excluding tert-OH is 1. The van der Waals surface area contributed by atoms with E-state index in [1.165, 1.54) is 5.56 Å². The number of β-amino-alcohol motifs (C(OH)–C–C–N with tert-alkyl or cyclic N) is 1. The molecule has 2 unspecified atom stereocenters. The van der Waals surface area contributed by atoms with Crippen LogP contribution in [0.5, 0.6) is 0 Å². The Bertz CT molecular complexity index is 449. The first-order valence-electron chi connectivity index (χ1n) is 7.82. The Hall–Kier alpha value is -0.360. The van der Waals surface area contributed by atoms with E-state index in [9.17, 15) is 5.11 Å². The number of likely N-dealkylation sites (tertiary alicyclic amines) is 1. The van der Waals surface area contributed by atoms with Crippen molar-refractivity contribution in [3.8, 4) is 0 Å². The summed E-state index contributed by atoms with van der Waals surface area (Å²) in [5.41, 5.74) is 1.32. The van der Waals surface area contributed by atoms with E-state index >= 15 is 0 Å². The summed E-state index contributed by atoms with van der Waals surface area (Å²) in [6.07, 6.45) is 2.06. The molecule has 3 N–H and O–H groups in total. The predicted molar refractivity (Wildman–Crippen MR) is 92.8 cm³/mol. The molecule has 0 amide bonds. The fourth-order valence-corrected chi connectivity index (χ4v) is 3.37. The Morgan fingerprint density at radius 1 is 1.18 bits per heavy atom. The van der Waals surface area contributed by atoms with Gasteiger partial charge in [0.1, 0.15) is 0 Å². The molecule has 0 aromatic heterocycles. The first kappa shape index (κ1) is 18.0. The van der Waals surface area contributed by atoms with Crippen molar-refractivity contribution in [1.82, 2.24) is 15.5 Å². The molecule has 2 aliphatic heterocycles. The second kappa shape index (κ2) is 8.48. The third kappa shape index (κ3) is 4.82. The van der Waals surface area contributed by atoms with Gasteiger partial charge in [-0.3, -0.25) is 4.90 Å². The van der Waals surface area contributed by atoms with Crippen LogP contribution < -0.4 is 10.6 Å². The number of halogens is 2. The fraction of sp³-hybridized carbons (Fsp3) is 0.625. The molecule has 0 bridgehead atoms. The highest BCUT2D eigenvalue weighted by Crippen LogP contribution is 2.17. The molecule has 4 nitrogen and oxygen atoms in total. The van der Waals surface area contributed by atoms with E-state index < -0.39 is 0 Å². The molecular weight excluding hydrogens is 321 g/mol. The maximum atomic E-state index is 9.84. The lowest BCUT2D eigenvalue weighted by Crippen LogP contribution is -2.49. The van der Waals surface area contributed by atoms with E-state index in [1.807, 2.05) is 12.1 Å². The number of aliphatic hydroxyl groups is 1. The molecule has 3 rings (SSSR count). The SMILES string of the molecule is Cl.OC1CNCC1NC1CCN(Cc2ccc(Cl)cc2)CC1. The van der Waals surface area contributed by atoms with Crippen molar-refractivity contribution in [2.24, 2.45) is 0 Å². The third-order valence-electron chi connectivity index (χ3n) is 4.54. The number of nitrogens with zero attached hydrogens (tertiary/aromatic N) is 1. The summed E-state index contributed by atoms with van der Waals surface area (Å²) in [4.78, 5) is 2.49. The molecule has 6 heteroatoms. The second-order valence-corrected chi connectivity index (χ2v) is 6.61. The van der Waals surface area contributed by atoms with Crippen LogP contribution in [0.1, 0.15) is 18.4 Å². The summed E-state index contributed by atoms with van der Waals surface area (Å²) in [5.74, 6) is 0. The maximum Gasteiger partial charge on any atom is 0.0829 e. The molecule has 0 saturated carbocycles. The molecule has 2 atom stereocenters. The van der Waals surface area contributed by atoms with Gasteiger partial charge in [0.25, 0.3) is 0 Å². The summed E-state index contributed by atoms with van der Waals surface area (Å²) in [6.45, 7) is 4.81. The summed E-state index contributed by atoms with van der Waals surface area (Å²) in [7, 11) is 0. The van der Waals surface area contributed by atoms with E-state index in [4.69, 9.17) is 11.6 Å². The maximum absolute atomic E-state index is 9.84. The molecule has 2 aliphatic rings. The normalized spacial score (nSPS) is 26.8. The highest BCUT2D eigenvalue weighted by atomic mass is 35.5. The Morgan fingerprint density at radius 2 is 1.86 bits per heavy atom. The van der Waals surface area contributed by atoms with Crippen LogP contribution in [0.15, 0.2) is 24.3 Å². The van der Waals surface area contributed by atoms with E-state index in [2.05, 4.69) is 27.7 Å². The van der Waals surface area contributed by atoms with Crippen molar-refractivity contribution < 1.29 is 5.11 Å². The summed E-state index contributed by atoms with van der Waals surface area (Å²) in [5, 5.41) is 17.5. The average molecular weight is 346 g/mol. The monoisotopic (exact) mass is 345 g/mol. The summed E-state index contributed by atoms with van der Waals surface area (Å²) < 4.78 is 0. The Labute approximate surface area is 143 Å². The van der Waals surface area contributed by atoms with Crippen molar-refractivity contribution in [1.29, 1.82) is 0 Å². The number of benzene rings is 1. The van der Waals surface area contributed by atoms with E-state index in [0.717, 1.165) is 44.0 Å². The Kier molecular flexibility index (Phi) is 6.93. The van der Waals surface area contributed by atoms with Gasteiger partial charge in [0.15, 0.2) is 0 Å². The lowest BCUT2D eigenvalue weighted by molar-refractivity contribution is 0.136. The van der Waals surface area contributed by atoms with Gasteiger partial charge in [-0.05, 0) is 43.6 Å². The fourth-order valence-electron chi connectivity index (χ4n) is 3.24. The number of piperidine rings is 1. The highest BCUT2D eigenvalue weighted by molar-refractivity contribution is 6.30. The van der Waals surface area contributed by atoms with Crippen LogP contribution in [-0.4, -0.2) is 54.4 Å². The standard InChI is InChI=1S/C16H24ClN3O.ClH/c17-13-3-1-12(2-4-13)11-20-7-5-14(6-8-20)19-15-9-18-10-16(15)21;/h1-4,14-16,18-19,21H,5-11H2;1H. The molecular formula is C16H25Cl2N3O. The molecule has 2 heterocycles. The molecule has 0 radical (unpaired) electrons. The molecule has 124 valence electrons. The lowest BCUT2D eigenvalue weighted by atomic mass is 10.0. The highest BCUT2D eigenvalue weighted by Gasteiger charge is 2.28. The first-order valence-corrected chi connectivity index (χ1v) is 8.20. The minimum atomic E-state index is -0.239. The number of hydrogen-bond acceptors (Lipinski definition) is 4. The third-order valence-corrected chi connectivity index (χ3v) is 4.79. The van der Waals surface area contributed by atoms with Crippen LogP contribution in [-0.2, 0) is 6.54 Å². The summed E-state index contributed by atoms with van der Waals surface area (Å²) in [6, 6.07) is 8.88. The van der Waals surface area contributed by atoms with Crippen LogP contribution in [0.4, 0.5) is 0 Å². The molecule has 2 fully saturated rings. The van der Waals surface area contributed by atoms with E-state index in [0.29, 0.717) is 12.6 Å². The molecule has 1 aromatic rings. The van der Waals surface area contributed by atoms with Crippen LogP contribution in [0.2, 0.25) is 5.02 Å². The van der Waals surface area contributed by atoms with Crippen molar-refractivity contribution in [3.05, 3.63) is 34.9 Å². The minimum Gasteiger partial charge on any atom is -0.390 e. The number of rotatable bonds is 4. The van der Waals surface area contributed by atoms with Gasteiger partial charge in [-0.25, -0.2) is 0 Å². The van der Waals surface area contributed by atoms with Crippen LogP contribution in [0, 0.1) is 0 Å². The minimum absolute atomic E-state index is 0. The van der Waals surface area contributed by atoms with Gasteiger partial charge in [-0.2, -0.15) is 0 Å². The van der Waals surface area contributed by atoms with Gasteiger partial charge in [0.05, 0.1) is 6.10 Å². The molecule has 0 aliphatic carbocycles. The topological polar surface area (TPSA) is 47.5 Å². The molecule has 1 aromatic carbocycles. The quantitative estimate of drug-likeness (QED) is 0.776. The molecule has 2 saturated heterocycles. The smallest absolute Gasteiger partial charge is 0.0829 e. The molecule has 0 spiro atoms. The number of nitrogens with one attached hydrogen (secondary N) is 2. The zero-order valence-corrected chi connectivity index (χ0v) is 14.2. The van der Waals surface area contributed by atoms with Gasteiger partial charge >= 0.3 is 0 Å². The summed E-state index contributed by atoms with van der Waals surface area (Å²) >= 11 is 5.92. The van der Waals surface area contributed by atoms with Gasteiger partial charge in [-0.1, -0.05) is 23.7 Å². The van der Waals surface area contributed by atoms with Gasteiger partial charge < -0.3 is 15.7 Å². The van der Waals surface area contributed by atoms with Crippen LogP contribution in [0.25, 0.3) is 0 Å². The van der Waals surface area contributed by atoms with Crippen molar-refractivity contribution in [3.63, 3.8) is 0 Å². The average Bonchev–Trinajstić information content (AvgIpc) is 2.89. The molecule has 22 heavy (non-hydrogen) atoms. The zero-order valence-electron chi connectivity index (χ0n) is 12.7. The second-order valence-electron chi connectivity index (χ2n) is 6.18. The van der Waals surface area contributed by atoms with Crippen molar-refractivity contribution >= 4 is 24.0 Å². The lowest BCUT2D eigenvalue weighted by Gasteiger charge is -2.34. The van der Waals surface area contributed by atoms with E-state index in [1.54, 1.807) is 0 Å².